The summed E-state index contributed by atoms with van der Waals surface area (Å²) in [5.41, 5.74) is 1.25. The minimum atomic E-state index is 0.220. The summed E-state index contributed by atoms with van der Waals surface area (Å²) < 4.78 is 1.10. The van der Waals surface area contributed by atoms with Gasteiger partial charge in [0.1, 0.15) is 5.82 Å². The number of anilines is 1. The quantitative estimate of drug-likeness (QED) is 0.913. The Morgan fingerprint density at radius 3 is 2.47 bits per heavy atom. The number of likely N-dealkylation sites (N-methyl/N-ethyl adjacent to an activating group) is 1. The highest BCUT2D eigenvalue weighted by Crippen LogP contribution is 2.21. The van der Waals surface area contributed by atoms with Gasteiger partial charge in [-0.2, -0.15) is 0 Å². The van der Waals surface area contributed by atoms with Crippen LogP contribution in [0.5, 0.6) is 0 Å². The van der Waals surface area contributed by atoms with Gasteiger partial charge in [0.05, 0.1) is 6.04 Å². The molecule has 0 spiro atoms. The lowest BCUT2D eigenvalue weighted by molar-refractivity contribution is 0.386. The highest BCUT2D eigenvalue weighted by atomic mass is 79.9. The van der Waals surface area contributed by atoms with Gasteiger partial charge in [-0.15, -0.1) is 0 Å². The molecule has 1 aromatic carbocycles. The zero-order valence-electron chi connectivity index (χ0n) is 11.2. The molecule has 0 bridgehead atoms. The van der Waals surface area contributed by atoms with Crippen LogP contribution in [0.25, 0.3) is 0 Å². The number of nitrogens with zero attached hydrogens (tertiary/aromatic N) is 2. The molecule has 19 heavy (non-hydrogen) atoms. The molecule has 0 aliphatic rings. The van der Waals surface area contributed by atoms with E-state index in [1.807, 2.05) is 18.2 Å². The van der Waals surface area contributed by atoms with Crippen molar-refractivity contribution in [1.29, 1.82) is 0 Å². The van der Waals surface area contributed by atoms with Crippen LogP contribution in [-0.4, -0.2) is 30.5 Å². The van der Waals surface area contributed by atoms with Crippen molar-refractivity contribution in [2.24, 2.45) is 0 Å². The van der Waals surface area contributed by atoms with E-state index in [4.69, 9.17) is 0 Å². The number of hydrogen-bond acceptors (Lipinski definition) is 3. The van der Waals surface area contributed by atoms with Crippen LogP contribution in [0, 0.1) is 0 Å². The molecule has 1 unspecified atom stereocenters. The van der Waals surface area contributed by atoms with Gasteiger partial charge in [-0.1, -0.05) is 34.1 Å². The Hall–Kier alpha value is -1.39. The molecule has 3 nitrogen and oxygen atoms in total. The lowest BCUT2D eigenvalue weighted by Gasteiger charge is -2.23. The van der Waals surface area contributed by atoms with E-state index in [0.717, 1.165) is 16.8 Å². The average molecular weight is 320 g/mol. The first-order valence-corrected chi connectivity index (χ1v) is 7.02. The van der Waals surface area contributed by atoms with Gasteiger partial charge in [0, 0.05) is 17.2 Å². The summed E-state index contributed by atoms with van der Waals surface area (Å²) in [7, 11) is 4.15. The van der Waals surface area contributed by atoms with Crippen LogP contribution in [0.3, 0.4) is 0 Å². The topological polar surface area (TPSA) is 28.2 Å². The van der Waals surface area contributed by atoms with Gasteiger partial charge in [0.15, 0.2) is 0 Å². The normalized spacial score (nSPS) is 12.4. The maximum absolute atomic E-state index is 4.33. The summed E-state index contributed by atoms with van der Waals surface area (Å²) in [5, 5.41) is 3.48. The van der Waals surface area contributed by atoms with Crippen LogP contribution >= 0.6 is 15.9 Å². The molecule has 0 amide bonds. The van der Waals surface area contributed by atoms with Crippen LogP contribution in [0.4, 0.5) is 5.82 Å². The Bertz CT molecular complexity index is 497. The third kappa shape index (κ3) is 4.33. The number of pyridine rings is 1. The van der Waals surface area contributed by atoms with Gasteiger partial charge in [0.2, 0.25) is 0 Å². The SMILES string of the molecule is CN(C)CC(Nc1ccccn1)c1ccc(Br)cc1. The second-order valence-electron chi connectivity index (χ2n) is 4.73. The standard InChI is InChI=1S/C15H18BrN3/c1-19(2)11-14(12-6-8-13(16)9-7-12)18-15-5-3-4-10-17-15/h3-10,14H,11H2,1-2H3,(H,17,18). The first-order chi connectivity index (χ1) is 9.15. The van der Waals surface area contributed by atoms with Crippen molar-refractivity contribution < 1.29 is 0 Å². The van der Waals surface area contributed by atoms with Crippen molar-refractivity contribution in [3.8, 4) is 0 Å². The minimum absolute atomic E-state index is 0.220. The van der Waals surface area contributed by atoms with E-state index < -0.39 is 0 Å². The summed E-state index contributed by atoms with van der Waals surface area (Å²) >= 11 is 3.47. The van der Waals surface area contributed by atoms with E-state index in [1.54, 1.807) is 6.20 Å². The van der Waals surface area contributed by atoms with Crippen LogP contribution in [0.15, 0.2) is 53.1 Å². The van der Waals surface area contributed by atoms with Gasteiger partial charge in [0.25, 0.3) is 0 Å². The number of benzene rings is 1. The smallest absolute Gasteiger partial charge is 0.126 e. The molecule has 0 saturated heterocycles. The molecule has 0 fully saturated rings. The number of rotatable bonds is 5. The second-order valence-corrected chi connectivity index (χ2v) is 5.64. The lowest BCUT2D eigenvalue weighted by Crippen LogP contribution is -2.25. The zero-order valence-corrected chi connectivity index (χ0v) is 12.8. The second kappa shape index (κ2) is 6.68. The van der Waals surface area contributed by atoms with Gasteiger partial charge < -0.3 is 10.2 Å². The fraction of sp³-hybridized carbons (Fsp3) is 0.267. The predicted octanol–water partition coefficient (Wildman–Crippen LogP) is 3.56. The van der Waals surface area contributed by atoms with Gasteiger partial charge in [-0.3, -0.25) is 0 Å². The first kappa shape index (κ1) is 14.0. The molecule has 0 saturated carbocycles. The monoisotopic (exact) mass is 319 g/mol. The number of nitrogens with one attached hydrogen (secondary N) is 1. The summed E-state index contributed by atoms with van der Waals surface area (Å²) in [5.74, 6) is 0.900. The zero-order chi connectivity index (χ0) is 13.7. The predicted molar refractivity (Wildman–Crippen MR) is 83.3 cm³/mol. The van der Waals surface area contributed by atoms with Gasteiger partial charge in [-0.25, -0.2) is 4.98 Å². The van der Waals surface area contributed by atoms with Gasteiger partial charge >= 0.3 is 0 Å². The molecule has 4 heteroatoms. The Labute approximate surface area is 122 Å². The van der Waals surface area contributed by atoms with Crippen LogP contribution in [0.1, 0.15) is 11.6 Å². The van der Waals surface area contributed by atoms with E-state index >= 15 is 0 Å². The summed E-state index contributed by atoms with van der Waals surface area (Å²) in [6.45, 7) is 0.915. The van der Waals surface area contributed by atoms with Crippen molar-refractivity contribution in [1.82, 2.24) is 9.88 Å². The van der Waals surface area contributed by atoms with Crippen molar-refractivity contribution >= 4 is 21.7 Å². The van der Waals surface area contributed by atoms with Crippen LogP contribution in [0.2, 0.25) is 0 Å². The molecule has 0 aliphatic heterocycles. The molecule has 0 radical (unpaired) electrons. The molecule has 1 heterocycles. The highest BCUT2D eigenvalue weighted by Gasteiger charge is 2.12. The van der Waals surface area contributed by atoms with Crippen molar-refractivity contribution in [2.75, 3.05) is 26.0 Å². The molecule has 2 aromatic rings. The third-order valence-corrected chi connectivity index (χ3v) is 3.34. The summed E-state index contributed by atoms with van der Waals surface area (Å²) in [6.07, 6.45) is 1.80. The molecule has 1 atom stereocenters. The first-order valence-electron chi connectivity index (χ1n) is 6.23. The fourth-order valence-electron chi connectivity index (χ4n) is 1.92. The molecule has 100 valence electrons. The molecular formula is C15H18BrN3. The summed E-state index contributed by atoms with van der Waals surface area (Å²) in [6, 6.07) is 14.5. The number of aromatic nitrogens is 1. The Morgan fingerprint density at radius 1 is 1.16 bits per heavy atom. The molecular weight excluding hydrogens is 302 g/mol. The van der Waals surface area contributed by atoms with E-state index in [-0.39, 0.29) is 6.04 Å². The maximum atomic E-state index is 4.33. The fourth-order valence-corrected chi connectivity index (χ4v) is 2.19. The van der Waals surface area contributed by atoms with Crippen molar-refractivity contribution in [2.45, 2.75) is 6.04 Å². The van der Waals surface area contributed by atoms with Crippen LogP contribution < -0.4 is 5.32 Å². The Morgan fingerprint density at radius 2 is 1.89 bits per heavy atom. The average Bonchev–Trinajstić information content (AvgIpc) is 2.39. The van der Waals surface area contributed by atoms with Crippen LogP contribution in [-0.2, 0) is 0 Å². The molecule has 0 aliphatic carbocycles. The van der Waals surface area contributed by atoms with E-state index in [0.29, 0.717) is 0 Å². The number of hydrogen-bond donors (Lipinski definition) is 1. The van der Waals surface area contributed by atoms with Crippen molar-refractivity contribution in [3.05, 3.63) is 58.7 Å². The largest absolute Gasteiger partial charge is 0.362 e. The van der Waals surface area contributed by atoms with Gasteiger partial charge in [-0.05, 0) is 43.9 Å². The lowest BCUT2D eigenvalue weighted by atomic mass is 10.1. The molecule has 1 aromatic heterocycles. The highest BCUT2D eigenvalue weighted by molar-refractivity contribution is 9.10. The molecule has 1 N–H and O–H groups in total. The Balaban J connectivity index is 2.18. The summed E-state index contributed by atoms with van der Waals surface area (Å²) in [4.78, 5) is 6.50. The van der Waals surface area contributed by atoms with Crippen molar-refractivity contribution in [3.63, 3.8) is 0 Å². The maximum Gasteiger partial charge on any atom is 0.126 e. The van der Waals surface area contributed by atoms with E-state index in [2.05, 4.69) is 69.5 Å². The Kier molecular flexibility index (Phi) is 4.93. The van der Waals surface area contributed by atoms with E-state index in [9.17, 15) is 0 Å². The third-order valence-electron chi connectivity index (χ3n) is 2.81. The van der Waals surface area contributed by atoms with E-state index in [1.165, 1.54) is 5.56 Å². The number of halogens is 1. The minimum Gasteiger partial charge on any atom is -0.362 e. The molecule has 2 rings (SSSR count).